The molecule has 0 fully saturated rings. The molecule has 0 amide bonds. The molecule has 6 nitrogen and oxygen atoms in total. The first-order valence-electron chi connectivity index (χ1n) is 7.27. The van der Waals surface area contributed by atoms with Crippen LogP contribution in [-0.2, 0) is 13.0 Å². The number of aromatic nitrogens is 4. The van der Waals surface area contributed by atoms with Crippen LogP contribution in [0, 0.1) is 11.3 Å². The van der Waals surface area contributed by atoms with Crippen molar-refractivity contribution in [2.75, 3.05) is 11.4 Å². The molecular formula is C16H14N6. The van der Waals surface area contributed by atoms with Gasteiger partial charge in [0.15, 0.2) is 5.65 Å². The Kier molecular flexibility index (Phi) is 2.97. The van der Waals surface area contributed by atoms with E-state index in [0.29, 0.717) is 13.0 Å². The van der Waals surface area contributed by atoms with Gasteiger partial charge < -0.3 is 4.90 Å². The summed E-state index contributed by atoms with van der Waals surface area (Å²) in [5.74, 6) is 0.887. The van der Waals surface area contributed by atoms with Crippen molar-refractivity contribution in [1.29, 1.82) is 5.26 Å². The summed E-state index contributed by atoms with van der Waals surface area (Å²) in [6, 6.07) is 10.5. The number of hydrogen-bond acceptors (Lipinski definition) is 5. The van der Waals surface area contributed by atoms with Gasteiger partial charge in [-0.25, -0.2) is 14.6 Å². The number of nitrogens with zero attached hydrogens (tertiary/aromatic N) is 6. The molecule has 0 saturated carbocycles. The Labute approximate surface area is 127 Å². The van der Waals surface area contributed by atoms with Crippen LogP contribution < -0.4 is 4.90 Å². The standard InChI is InChI=1S/C16H14N6/c17-7-3-8-22-16-13(10-20-22)15(18-11-19-16)21-9-6-12-4-1-2-5-14(12)21/h1-2,4-5,10-11H,3,6,8-9H2. The van der Waals surface area contributed by atoms with Gasteiger partial charge in [0, 0.05) is 12.2 Å². The zero-order valence-corrected chi connectivity index (χ0v) is 12.0. The average molecular weight is 290 g/mol. The molecule has 0 radical (unpaired) electrons. The highest BCUT2D eigenvalue weighted by molar-refractivity contribution is 5.90. The van der Waals surface area contributed by atoms with Gasteiger partial charge in [0.2, 0.25) is 0 Å². The largest absolute Gasteiger partial charge is 0.325 e. The summed E-state index contributed by atoms with van der Waals surface area (Å²) in [6.07, 6.45) is 4.80. The SMILES string of the molecule is N#CCCn1ncc2c(N3CCc4ccccc43)ncnc21. The van der Waals surface area contributed by atoms with Gasteiger partial charge in [-0.1, -0.05) is 18.2 Å². The normalized spacial score (nSPS) is 13.3. The minimum absolute atomic E-state index is 0.419. The highest BCUT2D eigenvalue weighted by Gasteiger charge is 2.23. The van der Waals surface area contributed by atoms with E-state index < -0.39 is 0 Å². The van der Waals surface area contributed by atoms with E-state index in [1.54, 1.807) is 17.2 Å². The third kappa shape index (κ3) is 1.91. The molecule has 1 aliphatic heterocycles. The van der Waals surface area contributed by atoms with E-state index in [1.165, 1.54) is 11.3 Å². The Morgan fingerprint density at radius 3 is 3.05 bits per heavy atom. The Balaban J connectivity index is 1.81. The first-order valence-corrected chi connectivity index (χ1v) is 7.27. The second-order valence-electron chi connectivity index (χ2n) is 5.24. The lowest BCUT2D eigenvalue weighted by atomic mass is 10.2. The smallest absolute Gasteiger partial charge is 0.163 e. The van der Waals surface area contributed by atoms with Crippen molar-refractivity contribution in [2.24, 2.45) is 0 Å². The van der Waals surface area contributed by atoms with Gasteiger partial charge >= 0.3 is 0 Å². The van der Waals surface area contributed by atoms with Gasteiger partial charge in [-0.3, -0.25) is 0 Å². The molecule has 3 heterocycles. The monoisotopic (exact) mass is 290 g/mol. The molecule has 0 saturated heterocycles. The molecule has 2 aromatic heterocycles. The summed E-state index contributed by atoms with van der Waals surface area (Å²) in [6.45, 7) is 1.46. The molecule has 0 unspecified atom stereocenters. The van der Waals surface area contributed by atoms with E-state index in [9.17, 15) is 0 Å². The second-order valence-corrected chi connectivity index (χ2v) is 5.24. The molecule has 0 bridgehead atoms. The fourth-order valence-corrected chi connectivity index (χ4v) is 2.97. The molecule has 0 aliphatic carbocycles. The fourth-order valence-electron chi connectivity index (χ4n) is 2.97. The van der Waals surface area contributed by atoms with Gasteiger partial charge in [0.1, 0.15) is 12.1 Å². The van der Waals surface area contributed by atoms with Crippen LogP contribution >= 0.6 is 0 Å². The van der Waals surface area contributed by atoms with Gasteiger partial charge in [-0.15, -0.1) is 0 Å². The van der Waals surface area contributed by atoms with Gasteiger partial charge in [0.25, 0.3) is 0 Å². The molecule has 3 aromatic rings. The molecule has 4 rings (SSSR count). The van der Waals surface area contributed by atoms with Gasteiger partial charge in [-0.2, -0.15) is 10.4 Å². The summed E-state index contributed by atoms with van der Waals surface area (Å²) >= 11 is 0. The molecule has 1 aromatic carbocycles. The minimum atomic E-state index is 0.419. The zero-order chi connectivity index (χ0) is 14.9. The van der Waals surface area contributed by atoms with E-state index in [2.05, 4.69) is 44.2 Å². The van der Waals surface area contributed by atoms with E-state index in [1.807, 2.05) is 6.07 Å². The maximum Gasteiger partial charge on any atom is 0.163 e. The fraction of sp³-hybridized carbons (Fsp3) is 0.250. The lowest BCUT2D eigenvalue weighted by molar-refractivity contribution is 0.643. The van der Waals surface area contributed by atoms with Crippen molar-refractivity contribution < 1.29 is 0 Å². The van der Waals surface area contributed by atoms with Crippen molar-refractivity contribution >= 4 is 22.5 Å². The summed E-state index contributed by atoms with van der Waals surface area (Å²) in [5.41, 5.74) is 3.32. The molecule has 0 atom stereocenters. The van der Waals surface area contributed by atoms with Gasteiger partial charge in [-0.05, 0) is 18.1 Å². The molecule has 1 aliphatic rings. The highest BCUT2D eigenvalue weighted by atomic mass is 15.3. The maximum absolute atomic E-state index is 8.74. The number of rotatable bonds is 3. The molecular weight excluding hydrogens is 276 g/mol. The number of anilines is 2. The summed E-state index contributed by atoms with van der Waals surface area (Å²) in [7, 11) is 0. The predicted octanol–water partition coefficient (Wildman–Crippen LogP) is 2.43. The molecule has 108 valence electrons. The van der Waals surface area contributed by atoms with E-state index in [-0.39, 0.29) is 0 Å². The minimum Gasteiger partial charge on any atom is -0.325 e. The number of hydrogen-bond donors (Lipinski definition) is 0. The number of nitriles is 1. The van der Waals surface area contributed by atoms with Crippen molar-refractivity contribution in [3.05, 3.63) is 42.4 Å². The van der Waals surface area contributed by atoms with E-state index in [4.69, 9.17) is 5.26 Å². The van der Waals surface area contributed by atoms with Crippen LogP contribution in [0.4, 0.5) is 11.5 Å². The Hall–Kier alpha value is -2.94. The van der Waals surface area contributed by atoms with Crippen LogP contribution in [0.25, 0.3) is 11.0 Å². The Morgan fingerprint density at radius 1 is 1.23 bits per heavy atom. The maximum atomic E-state index is 8.74. The van der Waals surface area contributed by atoms with Gasteiger partial charge in [0.05, 0.1) is 30.6 Å². The Morgan fingerprint density at radius 2 is 2.14 bits per heavy atom. The quantitative estimate of drug-likeness (QED) is 0.741. The van der Waals surface area contributed by atoms with Crippen molar-refractivity contribution in [3.8, 4) is 6.07 Å². The third-order valence-corrected chi connectivity index (χ3v) is 3.99. The number of benzene rings is 1. The lowest BCUT2D eigenvalue weighted by Crippen LogP contribution is -2.15. The van der Waals surface area contributed by atoms with Crippen LogP contribution in [0.3, 0.4) is 0 Å². The summed E-state index contributed by atoms with van der Waals surface area (Å²) in [5, 5.41) is 14.0. The van der Waals surface area contributed by atoms with Crippen LogP contribution in [0.1, 0.15) is 12.0 Å². The molecule has 22 heavy (non-hydrogen) atoms. The lowest BCUT2D eigenvalue weighted by Gasteiger charge is -2.18. The van der Waals surface area contributed by atoms with Crippen molar-refractivity contribution in [2.45, 2.75) is 19.4 Å². The Bertz CT molecular complexity index is 876. The van der Waals surface area contributed by atoms with E-state index >= 15 is 0 Å². The van der Waals surface area contributed by atoms with Crippen LogP contribution in [0.15, 0.2) is 36.8 Å². The zero-order valence-electron chi connectivity index (χ0n) is 12.0. The van der Waals surface area contributed by atoms with Crippen molar-refractivity contribution in [3.63, 3.8) is 0 Å². The number of fused-ring (bicyclic) bond motifs is 2. The number of aryl methyl sites for hydroxylation is 1. The first-order chi connectivity index (χ1) is 10.9. The van der Waals surface area contributed by atoms with Crippen LogP contribution in [0.5, 0.6) is 0 Å². The van der Waals surface area contributed by atoms with E-state index in [0.717, 1.165) is 29.8 Å². The summed E-state index contributed by atoms with van der Waals surface area (Å²) < 4.78 is 1.77. The first kappa shape index (κ1) is 12.8. The highest BCUT2D eigenvalue weighted by Crippen LogP contribution is 2.35. The predicted molar refractivity (Wildman–Crippen MR) is 82.7 cm³/mol. The average Bonchev–Trinajstić information content (AvgIpc) is 3.17. The molecule has 0 spiro atoms. The summed E-state index contributed by atoms with van der Waals surface area (Å²) in [4.78, 5) is 11.0. The third-order valence-electron chi connectivity index (χ3n) is 3.99. The number of para-hydroxylation sites is 1. The molecule has 0 N–H and O–H groups in total. The molecule has 6 heteroatoms. The van der Waals surface area contributed by atoms with Crippen molar-refractivity contribution in [1.82, 2.24) is 19.7 Å². The topological polar surface area (TPSA) is 70.6 Å². The van der Waals surface area contributed by atoms with Crippen LogP contribution in [-0.4, -0.2) is 26.3 Å². The van der Waals surface area contributed by atoms with Crippen LogP contribution in [0.2, 0.25) is 0 Å². The second kappa shape index (κ2) is 5.11.